The predicted molar refractivity (Wildman–Crippen MR) is 78.8 cm³/mol. The lowest BCUT2D eigenvalue weighted by molar-refractivity contribution is -0.212. The second kappa shape index (κ2) is 5.91. The molecule has 0 unspecified atom stereocenters. The van der Waals surface area contributed by atoms with E-state index < -0.39 is 17.5 Å². The van der Waals surface area contributed by atoms with Crippen molar-refractivity contribution in [2.45, 2.75) is 30.9 Å². The standard InChI is InChI=1S/C13H17F3N4O2S/c14-13(15,16)12(2-1-3-12)11-19-8(9(17)22-18)10(23-11)20-4-6-21-7-5-20/h17H,1-7,18H2. The number of hydrogen-bond donors (Lipinski definition) is 2. The first-order valence-corrected chi connectivity index (χ1v) is 8.07. The SMILES string of the molecule is N=C(ON)c1nc(C2(C(F)(F)F)CCC2)sc1N1CCOCC1. The summed E-state index contributed by atoms with van der Waals surface area (Å²) in [6, 6.07) is 0. The molecule has 1 aromatic heterocycles. The maximum absolute atomic E-state index is 13.5. The van der Waals surface area contributed by atoms with E-state index in [0.717, 1.165) is 11.3 Å². The van der Waals surface area contributed by atoms with Crippen LogP contribution < -0.4 is 10.8 Å². The molecule has 10 heteroatoms. The summed E-state index contributed by atoms with van der Waals surface area (Å²) in [5, 5.41) is 8.23. The van der Waals surface area contributed by atoms with Crippen molar-refractivity contribution in [3.05, 3.63) is 10.7 Å². The van der Waals surface area contributed by atoms with Gasteiger partial charge >= 0.3 is 6.18 Å². The molecule has 6 nitrogen and oxygen atoms in total. The number of anilines is 1. The molecule has 2 fully saturated rings. The van der Waals surface area contributed by atoms with Crippen LogP contribution >= 0.6 is 11.3 Å². The molecular weight excluding hydrogens is 333 g/mol. The molecule has 0 amide bonds. The number of nitrogens with zero attached hydrogens (tertiary/aromatic N) is 2. The van der Waals surface area contributed by atoms with Crippen LogP contribution in [0.5, 0.6) is 0 Å². The number of aromatic nitrogens is 1. The average molecular weight is 350 g/mol. The van der Waals surface area contributed by atoms with Crippen molar-refractivity contribution in [3.8, 4) is 0 Å². The lowest BCUT2D eigenvalue weighted by atomic mass is 9.68. The molecule has 0 radical (unpaired) electrons. The van der Waals surface area contributed by atoms with E-state index in [0.29, 0.717) is 37.7 Å². The van der Waals surface area contributed by atoms with Gasteiger partial charge in [-0.05, 0) is 12.8 Å². The fraction of sp³-hybridized carbons (Fsp3) is 0.692. The first kappa shape index (κ1) is 16.5. The van der Waals surface area contributed by atoms with E-state index in [1.165, 1.54) is 0 Å². The van der Waals surface area contributed by atoms with Gasteiger partial charge in [0.25, 0.3) is 5.90 Å². The van der Waals surface area contributed by atoms with Crippen LogP contribution in [0.15, 0.2) is 0 Å². The van der Waals surface area contributed by atoms with Gasteiger partial charge in [0.05, 0.1) is 13.2 Å². The van der Waals surface area contributed by atoms with Crippen LogP contribution in [0.4, 0.5) is 18.2 Å². The van der Waals surface area contributed by atoms with Crippen molar-refractivity contribution < 1.29 is 22.7 Å². The molecule has 1 saturated carbocycles. The maximum Gasteiger partial charge on any atom is 0.400 e. The van der Waals surface area contributed by atoms with E-state index in [1.54, 1.807) is 0 Å². The molecule has 2 aliphatic rings. The quantitative estimate of drug-likeness (QED) is 0.496. The van der Waals surface area contributed by atoms with E-state index in [2.05, 4.69) is 9.82 Å². The van der Waals surface area contributed by atoms with E-state index >= 15 is 0 Å². The largest absolute Gasteiger partial charge is 0.400 e. The molecule has 1 aromatic rings. The predicted octanol–water partition coefficient (Wildman–Crippen LogP) is 2.18. The molecule has 3 rings (SSSR count). The van der Waals surface area contributed by atoms with Crippen LogP contribution in [0.25, 0.3) is 0 Å². The molecule has 0 aromatic carbocycles. The number of morpholine rings is 1. The Balaban J connectivity index is 2.02. The fourth-order valence-electron chi connectivity index (χ4n) is 2.85. The number of alkyl halides is 3. The number of hydrogen-bond acceptors (Lipinski definition) is 7. The number of halogens is 3. The highest BCUT2D eigenvalue weighted by Crippen LogP contribution is 2.56. The smallest absolute Gasteiger partial charge is 0.389 e. The first-order chi connectivity index (χ1) is 10.9. The lowest BCUT2D eigenvalue weighted by Gasteiger charge is -2.41. The van der Waals surface area contributed by atoms with Crippen molar-refractivity contribution in [2.75, 3.05) is 31.2 Å². The number of ether oxygens (including phenoxy) is 1. The van der Waals surface area contributed by atoms with Crippen molar-refractivity contribution in [1.82, 2.24) is 4.98 Å². The Kier molecular flexibility index (Phi) is 4.23. The topological polar surface area (TPSA) is 84.5 Å². The maximum atomic E-state index is 13.5. The van der Waals surface area contributed by atoms with Gasteiger partial charge in [0.2, 0.25) is 0 Å². The fourth-order valence-corrected chi connectivity index (χ4v) is 4.23. The Bertz CT molecular complexity index is 595. The van der Waals surface area contributed by atoms with Gasteiger partial charge in [0.15, 0.2) is 5.69 Å². The number of nitrogens with two attached hydrogens (primary N) is 1. The molecule has 0 spiro atoms. The van der Waals surface area contributed by atoms with E-state index in [9.17, 15) is 13.2 Å². The summed E-state index contributed by atoms with van der Waals surface area (Å²) in [5.41, 5.74) is -1.82. The summed E-state index contributed by atoms with van der Waals surface area (Å²) in [6.45, 7) is 2.03. The Labute approximate surface area is 134 Å². The van der Waals surface area contributed by atoms with E-state index in [-0.39, 0.29) is 23.5 Å². The zero-order valence-corrected chi connectivity index (χ0v) is 13.1. The molecule has 128 valence electrons. The van der Waals surface area contributed by atoms with Gasteiger partial charge in [0.1, 0.15) is 15.4 Å². The summed E-state index contributed by atoms with van der Waals surface area (Å²) in [6.07, 6.45) is -3.77. The minimum atomic E-state index is -4.35. The van der Waals surface area contributed by atoms with Gasteiger partial charge in [-0.15, -0.1) is 0 Å². The summed E-state index contributed by atoms with van der Waals surface area (Å²) in [7, 11) is 0. The van der Waals surface area contributed by atoms with Crippen molar-refractivity contribution in [2.24, 2.45) is 5.90 Å². The number of nitrogens with one attached hydrogen (secondary N) is 1. The van der Waals surface area contributed by atoms with Crippen molar-refractivity contribution >= 4 is 22.2 Å². The van der Waals surface area contributed by atoms with Crippen molar-refractivity contribution in [3.63, 3.8) is 0 Å². The van der Waals surface area contributed by atoms with E-state index in [1.807, 2.05) is 4.90 Å². The molecule has 3 N–H and O–H groups in total. The minimum Gasteiger partial charge on any atom is -0.389 e. The summed E-state index contributed by atoms with van der Waals surface area (Å²) in [5.74, 6) is 4.60. The second-order valence-corrected chi connectivity index (χ2v) is 6.63. The highest BCUT2D eigenvalue weighted by atomic mass is 32.1. The Morgan fingerprint density at radius 3 is 2.48 bits per heavy atom. The Morgan fingerprint density at radius 1 is 1.35 bits per heavy atom. The van der Waals surface area contributed by atoms with Crippen LogP contribution in [0.1, 0.15) is 30.0 Å². The Morgan fingerprint density at radius 2 is 2.00 bits per heavy atom. The molecule has 2 heterocycles. The van der Waals surface area contributed by atoms with Gasteiger partial charge in [-0.1, -0.05) is 17.8 Å². The van der Waals surface area contributed by atoms with Gasteiger partial charge in [-0.2, -0.15) is 19.1 Å². The zero-order chi connectivity index (χ0) is 16.7. The van der Waals surface area contributed by atoms with E-state index in [4.69, 9.17) is 16.0 Å². The van der Waals surface area contributed by atoms with Gasteiger partial charge in [0, 0.05) is 13.1 Å². The molecule has 1 aliphatic heterocycles. The zero-order valence-electron chi connectivity index (χ0n) is 12.3. The van der Waals surface area contributed by atoms with Crippen LogP contribution in [-0.2, 0) is 15.0 Å². The third-order valence-corrected chi connectivity index (χ3v) is 5.72. The summed E-state index contributed by atoms with van der Waals surface area (Å²) in [4.78, 5) is 10.4. The number of thiazole rings is 1. The molecular formula is C13H17F3N4O2S. The minimum absolute atomic E-state index is 0.00505. The monoisotopic (exact) mass is 350 g/mol. The van der Waals surface area contributed by atoms with Crippen LogP contribution in [0.2, 0.25) is 0 Å². The van der Waals surface area contributed by atoms with Gasteiger partial charge in [-0.25, -0.2) is 4.98 Å². The second-order valence-electron chi connectivity index (χ2n) is 5.65. The van der Waals surface area contributed by atoms with Gasteiger partial charge < -0.3 is 14.5 Å². The van der Waals surface area contributed by atoms with Gasteiger partial charge in [-0.3, -0.25) is 5.41 Å². The molecule has 0 atom stereocenters. The first-order valence-electron chi connectivity index (χ1n) is 7.25. The third-order valence-electron chi connectivity index (χ3n) is 4.40. The highest BCUT2D eigenvalue weighted by Gasteiger charge is 2.61. The average Bonchev–Trinajstić information content (AvgIpc) is 2.89. The summed E-state index contributed by atoms with van der Waals surface area (Å²) < 4.78 is 45.9. The molecule has 1 saturated heterocycles. The molecule has 0 bridgehead atoms. The highest BCUT2D eigenvalue weighted by molar-refractivity contribution is 7.16. The van der Waals surface area contributed by atoms with Crippen LogP contribution in [0, 0.1) is 5.41 Å². The summed E-state index contributed by atoms with van der Waals surface area (Å²) >= 11 is 0.982. The lowest BCUT2D eigenvalue weighted by Crippen LogP contribution is -2.48. The molecule has 1 aliphatic carbocycles. The number of rotatable bonds is 3. The third kappa shape index (κ3) is 2.68. The van der Waals surface area contributed by atoms with Crippen LogP contribution in [-0.4, -0.2) is 43.4 Å². The van der Waals surface area contributed by atoms with Crippen LogP contribution in [0.3, 0.4) is 0 Å². The molecule has 23 heavy (non-hydrogen) atoms. The normalized spacial score (nSPS) is 21.0. The Hall–Kier alpha value is -1.39. The van der Waals surface area contributed by atoms with Crippen molar-refractivity contribution in [1.29, 1.82) is 5.41 Å².